The van der Waals surface area contributed by atoms with Gasteiger partial charge in [0.25, 0.3) is 0 Å². The van der Waals surface area contributed by atoms with Crippen LogP contribution in [-0.2, 0) is 6.54 Å². The Labute approximate surface area is 96.8 Å². The van der Waals surface area contributed by atoms with Gasteiger partial charge in [0, 0.05) is 28.0 Å². The lowest BCUT2D eigenvalue weighted by Gasteiger charge is -1.99. The summed E-state index contributed by atoms with van der Waals surface area (Å²) in [5.41, 5.74) is 2.21. The molecule has 0 unspecified atom stereocenters. The quantitative estimate of drug-likeness (QED) is 0.920. The third-order valence-corrected chi connectivity index (χ3v) is 3.27. The number of rotatable bonds is 3. The van der Waals surface area contributed by atoms with Crippen molar-refractivity contribution in [1.29, 1.82) is 0 Å². The van der Waals surface area contributed by atoms with E-state index in [1.165, 1.54) is 23.8 Å². The molecule has 0 saturated heterocycles. The van der Waals surface area contributed by atoms with Crippen LogP contribution >= 0.6 is 15.9 Å². The summed E-state index contributed by atoms with van der Waals surface area (Å²) in [5.74, 6) is 0. The molecule has 2 aromatic rings. The molecule has 0 amide bonds. The standard InChI is InChI=1S/C12H12BrNO/c13-9-1-4-11-8(6-14-10-2-3-10)7-15-12(11)5-9/h1,4-5,7,10,14H,2-3,6H2. The van der Waals surface area contributed by atoms with Crippen molar-refractivity contribution in [3.63, 3.8) is 0 Å². The normalized spacial score (nSPS) is 16.1. The van der Waals surface area contributed by atoms with Crippen LogP contribution in [0.4, 0.5) is 0 Å². The van der Waals surface area contributed by atoms with Gasteiger partial charge < -0.3 is 9.73 Å². The van der Waals surface area contributed by atoms with Gasteiger partial charge in [-0.05, 0) is 31.0 Å². The highest BCUT2D eigenvalue weighted by atomic mass is 79.9. The molecule has 1 aliphatic rings. The van der Waals surface area contributed by atoms with Crippen LogP contribution in [0.3, 0.4) is 0 Å². The second-order valence-electron chi connectivity index (χ2n) is 4.06. The molecule has 1 aliphatic carbocycles. The zero-order chi connectivity index (χ0) is 10.3. The number of nitrogens with one attached hydrogen (secondary N) is 1. The van der Waals surface area contributed by atoms with Crippen molar-refractivity contribution >= 4 is 26.9 Å². The van der Waals surface area contributed by atoms with E-state index in [0.29, 0.717) is 0 Å². The van der Waals surface area contributed by atoms with E-state index in [4.69, 9.17) is 4.42 Å². The molecule has 0 atom stereocenters. The molecule has 0 bridgehead atoms. The van der Waals surface area contributed by atoms with Crippen LogP contribution in [0.1, 0.15) is 18.4 Å². The van der Waals surface area contributed by atoms with Gasteiger partial charge in [-0.2, -0.15) is 0 Å². The Bertz CT molecular complexity index is 487. The first-order valence-corrected chi connectivity index (χ1v) is 6.01. The average molecular weight is 266 g/mol. The minimum Gasteiger partial charge on any atom is -0.464 e. The molecule has 15 heavy (non-hydrogen) atoms. The molecule has 1 fully saturated rings. The molecule has 0 radical (unpaired) electrons. The van der Waals surface area contributed by atoms with Crippen LogP contribution in [0.2, 0.25) is 0 Å². The lowest BCUT2D eigenvalue weighted by molar-refractivity contribution is 0.601. The van der Waals surface area contributed by atoms with Crippen LogP contribution < -0.4 is 5.32 Å². The van der Waals surface area contributed by atoms with Crippen LogP contribution in [0.5, 0.6) is 0 Å². The first kappa shape index (κ1) is 9.43. The van der Waals surface area contributed by atoms with Crippen molar-refractivity contribution in [2.75, 3.05) is 0 Å². The largest absolute Gasteiger partial charge is 0.464 e. The minimum atomic E-state index is 0.741. The summed E-state index contributed by atoms with van der Waals surface area (Å²) in [5, 5.41) is 4.71. The Morgan fingerprint density at radius 2 is 2.27 bits per heavy atom. The van der Waals surface area contributed by atoms with Crippen LogP contribution in [0, 0.1) is 0 Å². The second kappa shape index (κ2) is 3.65. The predicted octanol–water partition coefficient (Wildman–Crippen LogP) is 3.45. The summed E-state index contributed by atoms with van der Waals surface area (Å²) in [7, 11) is 0. The molecule has 1 aromatic heterocycles. The van der Waals surface area contributed by atoms with E-state index >= 15 is 0 Å². The molecule has 1 aromatic carbocycles. The van der Waals surface area contributed by atoms with E-state index in [9.17, 15) is 0 Å². The first-order valence-electron chi connectivity index (χ1n) is 5.22. The number of benzene rings is 1. The SMILES string of the molecule is Brc1ccc2c(CNC3CC3)coc2c1. The van der Waals surface area contributed by atoms with Gasteiger partial charge in [-0.1, -0.05) is 15.9 Å². The predicted molar refractivity (Wildman–Crippen MR) is 63.8 cm³/mol. The summed E-state index contributed by atoms with van der Waals surface area (Å²) >= 11 is 3.44. The van der Waals surface area contributed by atoms with Gasteiger partial charge in [0.05, 0.1) is 6.26 Å². The molecule has 3 rings (SSSR count). The van der Waals surface area contributed by atoms with Gasteiger partial charge >= 0.3 is 0 Å². The van der Waals surface area contributed by atoms with Crippen molar-refractivity contribution in [1.82, 2.24) is 5.32 Å². The summed E-state index contributed by atoms with van der Waals surface area (Å²) in [6.07, 6.45) is 4.50. The Morgan fingerprint density at radius 3 is 3.07 bits per heavy atom. The lowest BCUT2D eigenvalue weighted by atomic mass is 10.2. The molecule has 1 heterocycles. The molecule has 3 heteroatoms. The Balaban J connectivity index is 1.89. The fourth-order valence-electron chi connectivity index (χ4n) is 1.74. The van der Waals surface area contributed by atoms with E-state index in [1.807, 2.05) is 12.3 Å². The Morgan fingerprint density at radius 1 is 1.40 bits per heavy atom. The van der Waals surface area contributed by atoms with E-state index in [0.717, 1.165) is 22.6 Å². The number of hydrogen-bond acceptors (Lipinski definition) is 2. The van der Waals surface area contributed by atoms with Gasteiger partial charge in [-0.25, -0.2) is 0 Å². The monoisotopic (exact) mass is 265 g/mol. The molecule has 1 N–H and O–H groups in total. The van der Waals surface area contributed by atoms with E-state index in [2.05, 4.69) is 33.4 Å². The van der Waals surface area contributed by atoms with Gasteiger partial charge in [0.2, 0.25) is 0 Å². The highest BCUT2D eigenvalue weighted by molar-refractivity contribution is 9.10. The van der Waals surface area contributed by atoms with Crippen LogP contribution in [0.25, 0.3) is 11.0 Å². The number of halogens is 1. The summed E-state index contributed by atoms with van der Waals surface area (Å²) in [6, 6.07) is 6.91. The molecule has 1 saturated carbocycles. The molecule has 0 spiro atoms. The zero-order valence-corrected chi connectivity index (χ0v) is 9.88. The third-order valence-electron chi connectivity index (χ3n) is 2.78. The Kier molecular flexibility index (Phi) is 2.29. The van der Waals surface area contributed by atoms with Crippen molar-refractivity contribution < 1.29 is 4.42 Å². The second-order valence-corrected chi connectivity index (χ2v) is 4.97. The third kappa shape index (κ3) is 1.94. The molecule has 0 aliphatic heterocycles. The number of furan rings is 1. The average Bonchev–Trinajstić information content (AvgIpc) is 2.97. The highest BCUT2D eigenvalue weighted by Gasteiger charge is 2.20. The smallest absolute Gasteiger partial charge is 0.135 e. The van der Waals surface area contributed by atoms with E-state index in [1.54, 1.807) is 0 Å². The maximum absolute atomic E-state index is 5.51. The number of hydrogen-bond donors (Lipinski definition) is 1. The van der Waals surface area contributed by atoms with Crippen LogP contribution in [0.15, 0.2) is 33.4 Å². The maximum atomic E-state index is 5.51. The van der Waals surface area contributed by atoms with E-state index in [-0.39, 0.29) is 0 Å². The van der Waals surface area contributed by atoms with Crippen molar-refractivity contribution in [2.45, 2.75) is 25.4 Å². The van der Waals surface area contributed by atoms with E-state index < -0.39 is 0 Å². The number of fused-ring (bicyclic) bond motifs is 1. The van der Waals surface area contributed by atoms with Crippen LogP contribution in [-0.4, -0.2) is 6.04 Å². The summed E-state index contributed by atoms with van der Waals surface area (Å²) < 4.78 is 6.57. The highest BCUT2D eigenvalue weighted by Crippen LogP contribution is 2.26. The molecule has 2 nitrogen and oxygen atoms in total. The summed E-state index contributed by atoms with van der Waals surface area (Å²) in [4.78, 5) is 0. The van der Waals surface area contributed by atoms with Gasteiger partial charge in [0.15, 0.2) is 0 Å². The van der Waals surface area contributed by atoms with Crippen molar-refractivity contribution in [3.8, 4) is 0 Å². The van der Waals surface area contributed by atoms with Gasteiger partial charge in [-0.15, -0.1) is 0 Å². The molecular weight excluding hydrogens is 254 g/mol. The summed E-state index contributed by atoms with van der Waals surface area (Å²) in [6.45, 7) is 0.916. The zero-order valence-electron chi connectivity index (χ0n) is 8.29. The maximum Gasteiger partial charge on any atom is 0.135 e. The van der Waals surface area contributed by atoms with Crippen molar-refractivity contribution in [3.05, 3.63) is 34.5 Å². The lowest BCUT2D eigenvalue weighted by Crippen LogP contribution is -2.14. The van der Waals surface area contributed by atoms with Gasteiger partial charge in [-0.3, -0.25) is 0 Å². The van der Waals surface area contributed by atoms with Gasteiger partial charge in [0.1, 0.15) is 5.58 Å². The molecular formula is C12H12BrNO. The first-order chi connectivity index (χ1) is 7.33. The molecule has 78 valence electrons. The van der Waals surface area contributed by atoms with Crippen molar-refractivity contribution in [2.24, 2.45) is 0 Å². The minimum absolute atomic E-state index is 0.741. The topological polar surface area (TPSA) is 25.2 Å². The fraction of sp³-hybridized carbons (Fsp3) is 0.333. The Hall–Kier alpha value is -0.800. The fourth-order valence-corrected chi connectivity index (χ4v) is 2.08.